The molecule has 2 aliphatic rings. The number of amides is 2. The van der Waals surface area contributed by atoms with Crippen molar-refractivity contribution in [1.29, 1.82) is 0 Å². The minimum atomic E-state index is -0.0376. The summed E-state index contributed by atoms with van der Waals surface area (Å²) in [4.78, 5) is 40.8. The van der Waals surface area contributed by atoms with E-state index in [4.69, 9.17) is 4.98 Å². The number of rotatable bonds is 12. The van der Waals surface area contributed by atoms with Crippen LogP contribution in [0.2, 0.25) is 0 Å². The Morgan fingerprint density at radius 1 is 0.717 bits per heavy atom. The van der Waals surface area contributed by atoms with Gasteiger partial charge in [-0.1, -0.05) is 36.2 Å². The summed E-state index contributed by atoms with van der Waals surface area (Å²) in [5.41, 5.74) is 14.8. The molecule has 3 unspecified atom stereocenters. The molecule has 60 heavy (non-hydrogen) atoms. The summed E-state index contributed by atoms with van der Waals surface area (Å²) in [7, 11) is 5.67. The lowest BCUT2D eigenvalue weighted by molar-refractivity contribution is -0.121. The standard InChI is InChI=1S/C50H62N8O2/c1-8-56-22-18-47-42(41-24-33(3)10-14-45(41)58(47)30-37(26-49(59)51-5)35-15-19-53-34(4)25-35)28-48(56)43-12-11-36(29-54-43)38(27-50(60)52-6)31-57-44-13-9-32(2)23-40(44)39-16-20-55(7)21-17-46(39)57/h9-15,19,23-25,29,37-38,48H,8,16-18,20-22,26-28,30-31H2,1-7H3,(H,51,59)(H,52,60). The molecule has 2 N–H and O–H groups in total. The van der Waals surface area contributed by atoms with Crippen molar-refractivity contribution in [2.75, 3.05) is 47.3 Å². The zero-order chi connectivity index (χ0) is 42.1. The molecule has 6 aromatic rings. The fourth-order valence-electron chi connectivity index (χ4n) is 10.1. The van der Waals surface area contributed by atoms with Crippen molar-refractivity contribution in [1.82, 2.24) is 39.5 Å². The number of fused-ring (bicyclic) bond motifs is 6. The molecule has 4 aromatic heterocycles. The van der Waals surface area contributed by atoms with E-state index in [-0.39, 0.29) is 29.7 Å². The third kappa shape index (κ3) is 8.37. The van der Waals surface area contributed by atoms with Gasteiger partial charge < -0.3 is 24.7 Å². The number of pyridine rings is 2. The van der Waals surface area contributed by atoms with Gasteiger partial charge in [0.25, 0.3) is 0 Å². The summed E-state index contributed by atoms with van der Waals surface area (Å²) in [5.74, 6) is 0.0378. The summed E-state index contributed by atoms with van der Waals surface area (Å²) in [6.07, 6.45) is 8.49. The van der Waals surface area contributed by atoms with E-state index in [1.165, 1.54) is 55.4 Å². The Hall–Kier alpha value is -5.32. The highest BCUT2D eigenvalue weighted by Gasteiger charge is 2.32. The van der Waals surface area contributed by atoms with Gasteiger partial charge in [0.2, 0.25) is 11.8 Å². The van der Waals surface area contributed by atoms with Gasteiger partial charge in [-0.05, 0) is 112 Å². The van der Waals surface area contributed by atoms with Crippen LogP contribution in [0.3, 0.4) is 0 Å². The van der Waals surface area contributed by atoms with Gasteiger partial charge in [0.1, 0.15) is 0 Å². The molecule has 0 bridgehead atoms. The summed E-state index contributed by atoms with van der Waals surface area (Å²) in [6.45, 7) is 13.9. The van der Waals surface area contributed by atoms with Gasteiger partial charge in [0.15, 0.2) is 0 Å². The number of hydrogen-bond acceptors (Lipinski definition) is 6. The van der Waals surface area contributed by atoms with Crippen LogP contribution in [0.25, 0.3) is 21.8 Å². The van der Waals surface area contributed by atoms with Gasteiger partial charge in [-0.25, -0.2) is 0 Å². The topological polar surface area (TPSA) is 100 Å². The second-order valence-corrected chi connectivity index (χ2v) is 17.4. The van der Waals surface area contributed by atoms with E-state index >= 15 is 0 Å². The Bertz CT molecular complexity index is 2520. The van der Waals surface area contributed by atoms with Gasteiger partial charge >= 0.3 is 0 Å². The lowest BCUT2D eigenvalue weighted by Crippen LogP contribution is -2.31. The molecule has 2 aliphatic heterocycles. The first kappa shape index (κ1) is 41.4. The molecule has 0 spiro atoms. The van der Waals surface area contributed by atoms with E-state index in [9.17, 15) is 9.59 Å². The van der Waals surface area contributed by atoms with Gasteiger partial charge in [0.05, 0.1) is 11.7 Å². The zero-order valence-electron chi connectivity index (χ0n) is 36.6. The Morgan fingerprint density at radius 3 is 1.92 bits per heavy atom. The van der Waals surface area contributed by atoms with Crippen molar-refractivity contribution in [2.45, 2.75) is 97.2 Å². The van der Waals surface area contributed by atoms with E-state index in [2.05, 4.69) is 129 Å². The lowest BCUT2D eigenvalue weighted by Gasteiger charge is -2.29. The molecule has 0 radical (unpaired) electrons. The fourth-order valence-corrected chi connectivity index (χ4v) is 10.1. The van der Waals surface area contributed by atoms with Crippen LogP contribution >= 0.6 is 0 Å². The second-order valence-electron chi connectivity index (χ2n) is 17.4. The maximum absolute atomic E-state index is 13.2. The third-order valence-electron chi connectivity index (χ3n) is 13.5. The van der Waals surface area contributed by atoms with Crippen LogP contribution in [-0.2, 0) is 48.4 Å². The number of nitrogens with zero attached hydrogens (tertiary/aromatic N) is 6. The first-order valence-corrected chi connectivity index (χ1v) is 22.0. The molecule has 0 saturated carbocycles. The van der Waals surface area contributed by atoms with Crippen molar-refractivity contribution in [3.05, 3.63) is 129 Å². The van der Waals surface area contributed by atoms with Gasteiger partial charge in [-0.2, -0.15) is 0 Å². The third-order valence-corrected chi connectivity index (χ3v) is 13.5. The average Bonchev–Trinajstić information content (AvgIpc) is 3.47. The Labute approximate surface area is 355 Å². The number of nitrogens with one attached hydrogen (secondary N) is 2. The van der Waals surface area contributed by atoms with Crippen LogP contribution in [0.5, 0.6) is 0 Å². The number of benzene rings is 2. The number of carbonyl (C=O) groups excluding carboxylic acids is 2. The smallest absolute Gasteiger partial charge is 0.220 e. The highest BCUT2D eigenvalue weighted by Crippen LogP contribution is 2.39. The Balaban J connectivity index is 1.14. The highest BCUT2D eigenvalue weighted by molar-refractivity contribution is 5.88. The molecule has 2 amide bonds. The summed E-state index contributed by atoms with van der Waals surface area (Å²) < 4.78 is 5.03. The van der Waals surface area contributed by atoms with Crippen LogP contribution in [0, 0.1) is 20.8 Å². The van der Waals surface area contributed by atoms with Crippen LogP contribution in [0.15, 0.2) is 73.1 Å². The predicted octanol–water partition coefficient (Wildman–Crippen LogP) is 7.34. The van der Waals surface area contributed by atoms with Crippen LogP contribution in [-0.4, -0.2) is 88.0 Å². The van der Waals surface area contributed by atoms with Crippen LogP contribution in [0.4, 0.5) is 0 Å². The average molecular weight is 807 g/mol. The summed E-state index contributed by atoms with van der Waals surface area (Å²) >= 11 is 0. The SMILES string of the molecule is CCN1CCc2c(c3cc(C)ccc3n2CC(CC(=O)NC)c2ccnc(C)c2)CC1c1ccc(C(CC(=O)NC)Cn2c3c(c4cc(C)ccc42)CCN(C)CC3)cn1. The molecule has 0 saturated heterocycles. The molecule has 0 aliphatic carbocycles. The maximum atomic E-state index is 13.2. The van der Waals surface area contributed by atoms with Crippen molar-refractivity contribution < 1.29 is 9.59 Å². The van der Waals surface area contributed by atoms with Crippen LogP contribution < -0.4 is 10.6 Å². The van der Waals surface area contributed by atoms with Gasteiger partial charge in [0, 0.05) is 136 Å². The molecule has 10 heteroatoms. The highest BCUT2D eigenvalue weighted by atomic mass is 16.2. The van der Waals surface area contributed by atoms with E-state index in [0.717, 1.165) is 80.9 Å². The Kier molecular flexibility index (Phi) is 12.2. The number of aryl methyl sites for hydroxylation is 3. The van der Waals surface area contributed by atoms with Crippen LogP contribution in [0.1, 0.15) is 93.8 Å². The molecule has 314 valence electrons. The summed E-state index contributed by atoms with van der Waals surface area (Å²) in [5, 5.41) is 8.43. The Morgan fingerprint density at radius 2 is 1.32 bits per heavy atom. The van der Waals surface area contributed by atoms with Gasteiger partial charge in [-0.3, -0.25) is 24.5 Å². The fraction of sp³-hybridized carbons (Fsp3) is 0.440. The first-order chi connectivity index (χ1) is 29.0. The number of hydrogen-bond donors (Lipinski definition) is 2. The van der Waals surface area contributed by atoms with Crippen molar-refractivity contribution >= 4 is 33.6 Å². The molecule has 0 fully saturated rings. The molecule has 8 rings (SSSR count). The van der Waals surface area contributed by atoms with E-state index in [1.54, 1.807) is 14.1 Å². The number of carbonyl (C=O) groups is 2. The van der Waals surface area contributed by atoms with Crippen molar-refractivity contribution in [3.8, 4) is 0 Å². The van der Waals surface area contributed by atoms with Crippen molar-refractivity contribution in [3.63, 3.8) is 0 Å². The van der Waals surface area contributed by atoms with Gasteiger partial charge in [-0.15, -0.1) is 0 Å². The molecule has 2 aromatic carbocycles. The minimum Gasteiger partial charge on any atom is -0.359 e. The molecular formula is C50H62N8O2. The largest absolute Gasteiger partial charge is 0.359 e. The van der Waals surface area contributed by atoms with Crippen molar-refractivity contribution in [2.24, 2.45) is 0 Å². The first-order valence-electron chi connectivity index (χ1n) is 22.0. The lowest BCUT2D eigenvalue weighted by atomic mass is 9.94. The van der Waals surface area contributed by atoms with E-state index < -0.39 is 0 Å². The predicted molar refractivity (Wildman–Crippen MR) is 242 cm³/mol. The summed E-state index contributed by atoms with van der Waals surface area (Å²) in [6, 6.07) is 22.4. The molecular weight excluding hydrogens is 745 g/mol. The van der Waals surface area contributed by atoms with E-state index in [0.29, 0.717) is 19.4 Å². The normalized spacial score (nSPS) is 17.1. The van der Waals surface area contributed by atoms with E-state index in [1.807, 2.05) is 13.1 Å². The maximum Gasteiger partial charge on any atom is 0.220 e. The zero-order valence-corrected chi connectivity index (χ0v) is 36.6. The second kappa shape index (κ2) is 17.7. The molecule has 6 heterocycles. The minimum absolute atomic E-state index is 0.00383. The number of aromatic nitrogens is 4. The molecule has 3 atom stereocenters. The quantitative estimate of drug-likeness (QED) is 0.134. The monoisotopic (exact) mass is 806 g/mol. The number of likely N-dealkylation sites (N-methyl/N-ethyl adjacent to an activating group) is 2. The molecule has 10 nitrogen and oxygen atoms in total.